The highest BCUT2D eigenvalue weighted by atomic mass is 16.5. The first kappa shape index (κ1) is 19.5. The van der Waals surface area contributed by atoms with Crippen molar-refractivity contribution in [3.05, 3.63) is 89.5 Å². The van der Waals surface area contributed by atoms with Gasteiger partial charge in [0.15, 0.2) is 6.10 Å². The minimum atomic E-state index is -0.603. The summed E-state index contributed by atoms with van der Waals surface area (Å²) in [6.45, 7) is 6.71. The molecule has 2 heterocycles. The van der Waals surface area contributed by atoms with Crippen molar-refractivity contribution in [2.24, 2.45) is 0 Å². The van der Waals surface area contributed by atoms with Gasteiger partial charge in [0.1, 0.15) is 5.75 Å². The van der Waals surface area contributed by atoms with E-state index < -0.39 is 6.10 Å². The Bertz CT molecular complexity index is 872. The maximum atomic E-state index is 13.2. The van der Waals surface area contributed by atoms with Gasteiger partial charge in [-0.25, -0.2) is 0 Å². The monoisotopic (exact) mass is 375 g/mol. The molecule has 3 aromatic rings. The Kier molecular flexibility index (Phi) is 6.37. The predicted octanol–water partition coefficient (Wildman–Crippen LogP) is 4.09. The van der Waals surface area contributed by atoms with Crippen LogP contribution in [0.15, 0.2) is 67.3 Å². The first-order chi connectivity index (χ1) is 13.5. The molecule has 0 saturated heterocycles. The third-order valence-corrected chi connectivity index (χ3v) is 4.50. The predicted molar refractivity (Wildman–Crippen MR) is 109 cm³/mol. The lowest BCUT2D eigenvalue weighted by Crippen LogP contribution is -2.39. The average molecular weight is 375 g/mol. The van der Waals surface area contributed by atoms with Crippen LogP contribution in [0.1, 0.15) is 29.2 Å². The third kappa shape index (κ3) is 5.16. The quantitative estimate of drug-likeness (QED) is 0.624. The fourth-order valence-corrected chi connectivity index (χ4v) is 2.97. The van der Waals surface area contributed by atoms with Crippen LogP contribution in [-0.2, 0) is 17.9 Å². The molecule has 1 aromatic carbocycles. The van der Waals surface area contributed by atoms with Crippen LogP contribution in [0.5, 0.6) is 5.75 Å². The smallest absolute Gasteiger partial charge is 0.263 e. The van der Waals surface area contributed by atoms with Crippen molar-refractivity contribution >= 4 is 5.91 Å². The van der Waals surface area contributed by atoms with E-state index in [1.165, 1.54) is 0 Å². The molecule has 0 aliphatic rings. The molecule has 0 radical (unpaired) electrons. The van der Waals surface area contributed by atoms with Gasteiger partial charge in [0.2, 0.25) is 0 Å². The molecule has 5 nitrogen and oxygen atoms in total. The van der Waals surface area contributed by atoms with E-state index in [1.807, 2.05) is 56.3 Å². The maximum Gasteiger partial charge on any atom is 0.263 e. The first-order valence-electron chi connectivity index (χ1n) is 9.33. The minimum Gasteiger partial charge on any atom is -0.481 e. The largest absolute Gasteiger partial charge is 0.481 e. The van der Waals surface area contributed by atoms with E-state index in [9.17, 15) is 4.79 Å². The Morgan fingerprint density at radius 3 is 2.14 bits per heavy atom. The Morgan fingerprint density at radius 1 is 1.00 bits per heavy atom. The first-order valence-corrected chi connectivity index (χ1v) is 9.33. The summed E-state index contributed by atoms with van der Waals surface area (Å²) in [7, 11) is 0. The molecule has 0 bridgehead atoms. The molecule has 3 rings (SSSR count). The Hall–Kier alpha value is -3.21. The molecular formula is C23H25N3O2. The highest BCUT2D eigenvalue weighted by Crippen LogP contribution is 2.21. The van der Waals surface area contributed by atoms with Crippen LogP contribution in [0.4, 0.5) is 0 Å². The van der Waals surface area contributed by atoms with E-state index in [1.54, 1.807) is 36.6 Å². The van der Waals surface area contributed by atoms with Crippen LogP contribution >= 0.6 is 0 Å². The van der Waals surface area contributed by atoms with Gasteiger partial charge in [-0.2, -0.15) is 0 Å². The Labute approximate surface area is 166 Å². The van der Waals surface area contributed by atoms with E-state index >= 15 is 0 Å². The molecule has 0 aliphatic carbocycles. The summed E-state index contributed by atoms with van der Waals surface area (Å²) in [5.41, 5.74) is 4.05. The molecule has 0 unspecified atom stereocenters. The number of carbonyl (C=O) groups excluding carboxylic acids is 1. The van der Waals surface area contributed by atoms with E-state index in [0.717, 1.165) is 28.0 Å². The third-order valence-electron chi connectivity index (χ3n) is 4.50. The zero-order valence-corrected chi connectivity index (χ0v) is 16.5. The number of aromatic nitrogens is 2. The molecule has 0 N–H and O–H groups in total. The van der Waals surface area contributed by atoms with Crippen LogP contribution in [-0.4, -0.2) is 26.9 Å². The van der Waals surface area contributed by atoms with Crippen LogP contribution in [0, 0.1) is 13.8 Å². The summed E-state index contributed by atoms with van der Waals surface area (Å²) in [5.74, 6) is 0.664. The number of nitrogens with zero attached hydrogens (tertiary/aromatic N) is 3. The van der Waals surface area contributed by atoms with Gasteiger partial charge in [0.25, 0.3) is 5.91 Å². The number of rotatable bonds is 7. The minimum absolute atomic E-state index is 0.0754. The zero-order chi connectivity index (χ0) is 19.9. The molecular weight excluding hydrogens is 350 g/mol. The van der Waals surface area contributed by atoms with Crippen molar-refractivity contribution in [3.8, 4) is 5.75 Å². The van der Waals surface area contributed by atoms with E-state index in [2.05, 4.69) is 9.97 Å². The molecule has 1 atom stereocenters. The second-order valence-electron chi connectivity index (χ2n) is 6.95. The van der Waals surface area contributed by atoms with Gasteiger partial charge in [-0.1, -0.05) is 24.3 Å². The van der Waals surface area contributed by atoms with Gasteiger partial charge in [-0.3, -0.25) is 14.8 Å². The van der Waals surface area contributed by atoms with Gasteiger partial charge < -0.3 is 9.64 Å². The fourth-order valence-electron chi connectivity index (χ4n) is 2.97. The van der Waals surface area contributed by atoms with Crippen molar-refractivity contribution in [1.29, 1.82) is 0 Å². The number of amides is 1. The van der Waals surface area contributed by atoms with Crippen molar-refractivity contribution < 1.29 is 9.53 Å². The Morgan fingerprint density at radius 2 is 1.61 bits per heavy atom. The van der Waals surface area contributed by atoms with Crippen LogP contribution in [0.25, 0.3) is 0 Å². The number of pyridine rings is 2. The molecule has 1 amide bonds. The van der Waals surface area contributed by atoms with Gasteiger partial charge in [-0.15, -0.1) is 0 Å². The maximum absolute atomic E-state index is 13.2. The molecule has 28 heavy (non-hydrogen) atoms. The SMILES string of the molecule is Cc1ccc(C)c(O[C@@H](C)C(=O)N(Cc2cccnc2)Cc2cccnc2)c1. The molecule has 2 aromatic heterocycles. The second-order valence-corrected chi connectivity index (χ2v) is 6.95. The van der Waals surface area contributed by atoms with E-state index in [0.29, 0.717) is 13.1 Å². The molecule has 144 valence electrons. The van der Waals surface area contributed by atoms with Crippen molar-refractivity contribution in [3.63, 3.8) is 0 Å². The summed E-state index contributed by atoms with van der Waals surface area (Å²) in [5, 5.41) is 0. The van der Waals surface area contributed by atoms with Gasteiger partial charge in [0.05, 0.1) is 0 Å². The number of hydrogen-bond donors (Lipinski definition) is 0. The standard InChI is InChI=1S/C23H25N3O2/c1-17-8-9-18(2)22(12-17)28-19(3)23(27)26(15-20-6-4-10-24-13-20)16-21-7-5-11-25-14-21/h4-14,19H,15-16H2,1-3H3/t19-/m0/s1. The highest BCUT2D eigenvalue weighted by Gasteiger charge is 2.23. The summed E-state index contributed by atoms with van der Waals surface area (Å²) in [6.07, 6.45) is 6.40. The normalized spacial score (nSPS) is 11.7. The molecule has 0 aliphatic heterocycles. The topological polar surface area (TPSA) is 55.3 Å². The van der Waals surface area contributed by atoms with Crippen LogP contribution < -0.4 is 4.74 Å². The summed E-state index contributed by atoms with van der Waals surface area (Å²) >= 11 is 0. The lowest BCUT2D eigenvalue weighted by molar-refractivity contribution is -0.139. The van der Waals surface area contributed by atoms with E-state index in [4.69, 9.17) is 4.74 Å². The van der Waals surface area contributed by atoms with Gasteiger partial charge in [0, 0.05) is 37.9 Å². The van der Waals surface area contributed by atoms with Crippen LogP contribution in [0.2, 0.25) is 0 Å². The second kappa shape index (κ2) is 9.13. The Balaban J connectivity index is 1.79. The number of carbonyl (C=O) groups is 1. The lowest BCUT2D eigenvalue weighted by atomic mass is 10.1. The lowest BCUT2D eigenvalue weighted by Gasteiger charge is -2.26. The average Bonchev–Trinajstić information content (AvgIpc) is 2.71. The molecule has 0 fully saturated rings. The highest BCUT2D eigenvalue weighted by molar-refractivity contribution is 5.81. The van der Waals surface area contributed by atoms with Crippen LogP contribution in [0.3, 0.4) is 0 Å². The molecule has 0 spiro atoms. The number of aryl methyl sites for hydroxylation is 2. The molecule has 0 saturated carbocycles. The zero-order valence-electron chi connectivity index (χ0n) is 16.5. The van der Waals surface area contributed by atoms with Crippen molar-refractivity contribution in [2.45, 2.75) is 40.0 Å². The van der Waals surface area contributed by atoms with E-state index in [-0.39, 0.29) is 5.91 Å². The number of benzene rings is 1. The van der Waals surface area contributed by atoms with Gasteiger partial charge in [-0.05, 0) is 61.2 Å². The van der Waals surface area contributed by atoms with Crippen molar-refractivity contribution in [1.82, 2.24) is 14.9 Å². The summed E-state index contributed by atoms with van der Waals surface area (Å²) in [6, 6.07) is 13.7. The number of ether oxygens (including phenoxy) is 1. The molecule has 5 heteroatoms. The van der Waals surface area contributed by atoms with Crippen molar-refractivity contribution in [2.75, 3.05) is 0 Å². The number of hydrogen-bond acceptors (Lipinski definition) is 4. The summed E-state index contributed by atoms with van der Waals surface area (Å²) < 4.78 is 6.02. The van der Waals surface area contributed by atoms with Gasteiger partial charge >= 0.3 is 0 Å². The summed E-state index contributed by atoms with van der Waals surface area (Å²) in [4.78, 5) is 23.3. The fraction of sp³-hybridized carbons (Fsp3) is 0.261.